The number of carbonyl (C=O) groups is 2. The highest BCUT2D eigenvalue weighted by molar-refractivity contribution is 7.91. The van der Waals surface area contributed by atoms with Crippen molar-refractivity contribution in [2.75, 3.05) is 18.8 Å². The minimum Gasteiger partial charge on any atom is -0.459 e. The Balaban J connectivity index is 1.58. The molecule has 8 nitrogen and oxygen atoms in total. The number of ether oxygens (including phenoxy) is 1. The third-order valence-corrected chi connectivity index (χ3v) is 9.44. The van der Waals surface area contributed by atoms with Crippen molar-refractivity contribution in [3.63, 3.8) is 0 Å². The number of halogens is 1. The molecule has 0 aliphatic carbocycles. The van der Waals surface area contributed by atoms with Gasteiger partial charge in [-0.25, -0.2) is 13.2 Å². The normalized spacial score (nSPS) is 16.4. The first-order chi connectivity index (χ1) is 18.3. The fourth-order valence-corrected chi connectivity index (χ4v) is 7.09. The lowest BCUT2D eigenvalue weighted by atomic mass is 10.1. The van der Waals surface area contributed by atoms with Crippen LogP contribution in [0, 0.1) is 6.92 Å². The average Bonchev–Trinajstić information content (AvgIpc) is 3.19. The van der Waals surface area contributed by atoms with Gasteiger partial charge >= 0.3 is 11.9 Å². The van der Waals surface area contributed by atoms with Gasteiger partial charge < -0.3 is 9.30 Å². The summed E-state index contributed by atoms with van der Waals surface area (Å²) in [5.74, 6) is -0.926. The average molecular weight is 593 g/mol. The molecule has 0 N–H and O–H groups in total. The van der Waals surface area contributed by atoms with Gasteiger partial charge in [-0.2, -0.15) is 0 Å². The number of hydrogen-bond acceptors (Lipinski definition) is 7. The van der Waals surface area contributed by atoms with E-state index in [9.17, 15) is 18.0 Å². The topological polar surface area (TPSA) is 94.8 Å². The number of likely N-dealkylation sites (tertiary alicyclic amines) is 1. The molecular weight excluding hydrogens is 558 g/mol. The van der Waals surface area contributed by atoms with E-state index in [0.717, 1.165) is 34.9 Å². The molecule has 2 heterocycles. The lowest BCUT2D eigenvalue weighted by molar-refractivity contribution is -0.869. The molecule has 1 aliphatic rings. The van der Waals surface area contributed by atoms with E-state index in [1.54, 1.807) is 41.0 Å². The largest absolute Gasteiger partial charge is 0.459 e. The maximum absolute atomic E-state index is 13.7. The Morgan fingerprint density at radius 1 is 1.08 bits per heavy atom. The number of esters is 1. The minimum absolute atomic E-state index is 0.0177. The monoisotopic (exact) mass is 592 g/mol. The number of aromatic nitrogens is 1. The lowest BCUT2D eigenvalue weighted by Crippen LogP contribution is -2.53. The summed E-state index contributed by atoms with van der Waals surface area (Å²) in [4.78, 5) is 27.9. The number of hydrogen-bond donors (Lipinski definition) is 0. The molecule has 1 amide bonds. The van der Waals surface area contributed by atoms with Crippen LogP contribution in [-0.4, -0.2) is 53.9 Å². The second-order valence-corrected chi connectivity index (χ2v) is 14.7. The van der Waals surface area contributed by atoms with Gasteiger partial charge in [-0.15, -0.1) is 4.59 Å². The maximum Gasteiger partial charge on any atom is 0.340 e. The number of nitrogens with zero attached hydrogens (tertiary/aromatic N) is 3. The van der Waals surface area contributed by atoms with Gasteiger partial charge in [0.1, 0.15) is 25.2 Å². The summed E-state index contributed by atoms with van der Waals surface area (Å²) >= 11 is 7.45. The van der Waals surface area contributed by atoms with Crippen LogP contribution < -0.4 is 4.80 Å². The first-order valence-corrected chi connectivity index (χ1v) is 15.9. The number of thiazole rings is 1. The van der Waals surface area contributed by atoms with E-state index in [4.69, 9.17) is 21.4 Å². The summed E-state index contributed by atoms with van der Waals surface area (Å²) in [5, 5.41) is 7.09. The Kier molecular flexibility index (Phi) is 8.70. The van der Waals surface area contributed by atoms with Crippen molar-refractivity contribution >= 4 is 55.4 Å². The summed E-state index contributed by atoms with van der Waals surface area (Å²) in [5.41, 5.74) is -0.611. The fourth-order valence-electron chi connectivity index (χ4n) is 4.75. The lowest BCUT2D eigenvalue weighted by Gasteiger charge is -2.32. The van der Waals surface area contributed by atoms with Crippen LogP contribution in [-0.2, 0) is 30.7 Å². The van der Waals surface area contributed by atoms with E-state index in [1.807, 2.05) is 33.9 Å². The molecule has 4 rings (SSSR count). The van der Waals surface area contributed by atoms with Crippen molar-refractivity contribution in [1.82, 2.24) is 4.57 Å². The van der Waals surface area contributed by atoms with Crippen LogP contribution in [0.5, 0.6) is 0 Å². The molecule has 39 heavy (non-hydrogen) atoms. The predicted molar refractivity (Wildman–Crippen MR) is 153 cm³/mol. The number of benzene rings is 2. The van der Waals surface area contributed by atoms with Crippen molar-refractivity contribution in [2.24, 2.45) is 5.10 Å². The van der Waals surface area contributed by atoms with Crippen LogP contribution in [0.15, 0.2) is 52.6 Å². The third kappa shape index (κ3) is 7.36. The highest BCUT2D eigenvalue weighted by Crippen LogP contribution is 2.25. The number of quaternary nitrogens is 1. The highest BCUT2D eigenvalue weighted by Gasteiger charge is 2.40. The highest BCUT2D eigenvalue weighted by atomic mass is 35.5. The first-order valence-electron chi connectivity index (χ1n) is 13.0. The zero-order valence-electron chi connectivity index (χ0n) is 22.8. The molecule has 0 atom stereocenters. The standard InChI is InChI=1S/C28H35ClN3O5S2/c1-20-18-31(19-26(34)37-28(2,3)4)27(38-20)30-32(13-6-5-7-14-32)25(33)12-15-39(35,36)24-11-9-21-16-23(29)10-8-22(21)17-24/h8-11,16-18H,5-7,12-15,19H2,1-4H3/q+1. The van der Waals surface area contributed by atoms with Crippen LogP contribution in [0.25, 0.3) is 10.8 Å². The van der Waals surface area contributed by atoms with Gasteiger partial charge in [-0.1, -0.05) is 35.1 Å². The summed E-state index contributed by atoms with van der Waals surface area (Å²) in [7, 11) is -3.70. The van der Waals surface area contributed by atoms with Crippen LogP contribution in [0.4, 0.5) is 0 Å². The van der Waals surface area contributed by atoms with Crippen molar-refractivity contribution in [3.8, 4) is 0 Å². The zero-order chi connectivity index (χ0) is 28.4. The first kappa shape index (κ1) is 29.5. The Labute approximate surface area is 238 Å². The molecule has 0 saturated carbocycles. The summed E-state index contributed by atoms with van der Waals surface area (Å²) in [6.07, 6.45) is 4.29. The molecule has 3 aromatic rings. The van der Waals surface area contributed by atoms with E-state index in [1.165, 1.54) is 11.3 Å². The van der Waals surface area contributed by atoms with E-state index in [-0.39, 0.29) is 40.1 Å². The number of sulfone groups is 1. The van der Waals surface area contributed by atoms with Crippen LogP contribution >= 0.6 is 22.9 Å². The van der Waals surface area contributed by atoms with Crippen molar-refractivity contribution in [3.05, 3.63) is 57.3 Å². The van der Waals surface area contributed by atoms with Gasteiger partial charge in [0, 0.05) is 16.1 Å². The Hall–Kier alpha value is -2.53. The zero-order valence-corrected chi connectivity index (χ0v) is 25.2. The Morgan fingerprint density at radius 3 is 2.44 bits per heavy atom. The quantitative estimate of drug-likeness (QED) is 0.277. The van der Waals surface area contributed by atoms with Crippen molar-refractivity contribution in [2.45, 2.75) is 70.4 Å². The van der Waals surface area contributed by atoms with Crippen molar-refractivity contribution < 1.29 is 27.3 Å². The number of aryl methyl sites for hydroxylation is 1. The molecule has 0 unspecified atom stereocenters. The van der Waals surface area contributed by atoms with E-state index in [2.05, 4.69) is 0 Å². The van der Waals surface area contributed by atoms with Crippen LogP contribution in [0.3, 0.4) is 0 Å². The Bertz CT molecular complexity index is 1560. The van der Waals surface area contributed by atoms with E-state index in [0.29, 0.717) is 22.9 Å². The van der Waals surface area contributed by atoms with E-state index < -0.39 is 15.4 Å². The van der Waals surface area contributed by atoms with Gasteiger partial charge in [-0.3, -0.25) is 4.79 Å². The molecule has 1 aromatic heterocycles. The molecule has 210 valence electrons. The number of fused-ring (bicyclic) bond motifs is 1. The second-order valence-electron chi connectivity index (χ2n) is 11.0. The molecule has 0 bridgehead atoms. The molecule has 1 fully saturated rings. The SMILES string of the molecule is Cc1cn(CC(=O)OC(C)(C)C)c(=N[N+]2(C(=O)CCS(=O)(=O)c3ccc4cc(Cl)ccc4c3)CCCCC2)s1. The van der Waals surface area contributed by atoms with Gasteiger partial charge in [0.15, 0.2) is 9.84 Å². The molecule has 11 heteroatoms. The maximum atomic E-state index is 13.7. The van der Waals surface area contributed by atoms with Gasteiger partial charge in [0.05, 0.1) is 17.1 Å². The summed E-state index contributed by atoms with van der Waals surface area (Å²) in [6, 6.07) is 10.2. The fraction of sp³-hybridized carbons (Fsp3) is 0.464. The van der Waals surface area contributed by atoms with Crippen molar-refractivity contribution in [1.29, 1.82) is 0 Å². The molecule has 2 aromatic carbocycles. The van der Waals surface area contributed by atoms with Gasteiger partial charge in [0.2, 0.25) is 4.80 Å². The number of carbonyl (C=O) groups excluding carboxylic acids is 2. The minimum atomic E-state index is -3.70. The Morgan fingerprint density at radius 2 is 1.74 bits per heavy atom. The van der Waals surface area contributed by atoms with E-state index >= 15 is 0 Å². The molecule has 1 saturated heterocycles. The number of rotatable bonds is 7. The smallest absolute Gasteiger partial charge is 0.340 e. The van der Waals surface area contributed by atoms with Gasteiger partial charge in [0.25, 0.3) is 0 Å². The summed E-state index contributed by atoms with van der Waals surface area (Å²) in [6.45, 7) is 8.34. The van der Waals surface area contributed by atoms with Crippen LogP contribution in [0.1, 0.15) is 51.3 Å². The predicted octanol–water partition coefficient (Wildman–Crippen LogP) is 5.21. The third-order valence-electron chi connectivity index (χ3n) is 6.57. The molecule has 0 spiro atoms. The molecular formula is C28H35ClN3O5S2+. The number of piperidine rings is 1. The number of amides is 1. The molecule has 0 radical (unpaired) electrons. The molecule has 1 aliphatic heterocycles. The second kappa shape index (κ2) is 11.5. The van der Waals surface area contributed by atoms with Crippen LogP contribution in [0.2, 0.25) is 5.02 Å². The summed E-state index contributed by atoms with van der Waals surface area (Å²) < 4.78 is 33.5. The van der Waals surface area contributed by atoms with Gasteiger partial charge in [-0.05, 0) is 87.1 Å².